The molecule has 0 spiro atoms. The molecule has 0 N–H and O–H groups in total. The molecule has 3 aromatic rings. The van der Waals surface area contributed by atoms with Gasteiger partial charge in [0.05, 0.1) is 12.9 Å². The Hall–Kier alpha value is -2.23. The van der Waals surface area contributed by atoms with E-state index in [1.54, 1.807) is 12.3 Å². The summed E-state index contributed by atoms with van der Waals surface area (Å²) in [6.45, 7) is 4.65. The zero-order valence-corrected chi connectivity index (χ0v) is 10.8. The van der Waals surface area contributed by atoms with Crippen LogP contribution in [0.25, 0.3) is 21.9 Å². The summed E-state index contributed by atoms with van der Waals surface area (Å²) in [5, 5.41) is 1.76. The summed E-state index contributed by atoms with van der Waals surface area (Å²) in [4.78, 5) is 11.4. The molecule has 98 valence electrons. The van der Waals surface area contributed by atoms with Crippen molar-refractivity contribution in [1.82, 2.24) is 0 Å². The van der Waals surface area contributed by atoms with Crippen LogP contribution in [-0.2, 0) is 0 Å². The minimum Gasteiger partial charge on any atom is -0.486 e. The largest absolute Gasteiger partial charge is 0.486 e. The smallest absolute Gasteiger partial charge is 0.336 e. The highest BCUT2D eigenvalue weighted by Crippen LogP contribution is 2.35. The lowest BCUT2D eigenvalue weighted by molar-refractivity contribution is 0.269. The first kappa shape index (κ1) is 11.8. The Kier molecular flexibility index (Phi) is 2.78. The second kappa shape index (κ2) is 4.46. The van der Waals surface area contributed by atoms with Crippen molar-refractivity contribution in [2.75, 3.05) is 6.61 Å². The number of hydrogen-bond acceptors (Lipinski definition) is 4. The third-order valence-corrected chi connectivity index (χ3v) is 2.84. The topological polar surface area (TPSA) is 52.6 Å². The Morgan fingerprint density at radius 3 is 2.74 bits per heavy atom. The van der Waals surface area contributed by atoms with Crippen molar-refractivity contribution >= 4 is 21.9 Å². The zero-order chi connectivity index (χ0) is 13.4. The summed E-state index contributed by atoms with van der Waals surface area (Å²) in [5.41, 5.74) is 0.658. The molecular weight excluding hydrogens is 244 g/mol. The minimum absolute atomic E-state index is 0.371. The average Bonchev–Trinajstić information content (AvgIpc) is 2.82. The molecule has 0 unspecified atom stereocenters. The lowest BCUT2D eigenvalue weighted by Gasteiger charge is -2.10. The van der Waals surface area contributed by atoms with Gasteiger partial charge in [-0.1, -0.05) is 13.8 Å². The Bertz CT molecular complexity index is 780. The molecule has 0 saturated carbocycles. The molecule has 0 aliphatic rings. The van der Waals surface area contributed by atoms with Gasteiger partial charge in [0.1, 0.15) is 0 Å². The van der Waals surface area contributed by atoms with Crippen LogP contribution in [0, 0.1) is 5.92 Å². The number of fused-ring (bicyclic) bond motifs is 2. The number of rotatable bonds is 3. The molecule has 2 aromatic heterocycles. The fourth-order valence-electron chi connectivity index (χ4n) is 1.99. The standard InChI is InChI=1S/C15H14O4/c1-9(2)8-18-15-13-11(5-6-17-13)7-10-3-4-12(16)19-14(10)15/h3-7,9H,8H2,1-2H3. The SMILES string of the molecule is CC(C)COc1c2occc2cc2ccc(=O)oc12. The van der Waals surface area contributed by atoms with Crippen LogP contribution in [0.3, 0.4) is 0 Å². The molecule has 0 amide bonds. The Morgan fingerprint density at radius 2 is 1.95 bits per heavy atom. The summed E-state index contributed by atoms with van der Waals surface area (Å²) in [5.74, 6) is 0.875. The Labute approximate surface area is 109 Å². The number of hydrogen-bond donors (Lipinski definition) is 0. The second-order valence-corrected chi connectivity index (χ2v) is 4.92. The van der Waals surface area contributed by atoms with Gasteiger partial charge in [-0.2, -0.15) is 0 Å². The van der Waals surface area contributed by atoms with Crippen LogP contribution in [0.15, 0.2) is 44.2 Å². The molecule has 0 aliphatic carbocycles. The van der Waals surface area contributed by atoms with E-state index in [1.807, 2.05) is 12.1 Å². The van der Waals surface area contributed by atoms with Crippen LogP contribution in [0.2, 0.25) is 0 Å². The fourth-order valence-corrected chi connectivity index (χ4v) is 1.99. The number of benzene rings is 1. The van der Waals surface area contributed by atoms with Crippen LogP contribution < -0.4 is 10.4 Å². The van der Waals surface area contributed by atoms with Gasteiger partial charge < -0.3 is 13.6 Å². The number of ether oxygens (including phenoxy) is 1. The molecule has 4 heteroatoms. The summed E-state index contributed by atoms with van der Waals surface area (Å²) in [6.07, 6.45) is 1.60. The van der Waals surface area contributed by atoms with Crippen LogP contribution in [-0.4, -0.2) is 6.61 Å². The quantitative estimate of drug-likeness (QED) is 0.674. The van der Waals surface area contributed by atoms with E-state index in [0.29, 0.717) is 29.4 Å². The first-order valence-corrected chi connectivity index (χ1v) is 6.22. The van der Waals surface area contributed by atoms with E-state index < -0.39 is 5.63 Å². The Balaban J connectivity index is 2.29. The molecule has 2 heterocycles. The normalized spacial score (nSPS) is 11.5. The van der Waals surface area contributed by atoms with E-state index in [9.17, 15) is 4.79 Å². The Morgan fingerprint density at radius 1 is 1.16 bits per heavy atom. The molecule has 0 atom stereocenters. The van der Waals surface area contributed by atoms with E-state index in [1.165, 1.54) is 6.07 Å². The van der Waals surface area contributed by atoms with E-state index >= 15 is 0 Å². The first-order valence-electron chi connectivity index (χ1n) is 6.22. The van der Waals surface area contributed by atoms with E-state index in [2.05, 4.69) is 13.8 Å². The second-order valence-electron chi connectivity index (χ2n) is 4.92. The highest BCUT2D eigenvalue weighted by atomic mass is 16.5. The predicted molar refractivity (Wildman–Crippen MR) is 72.6 cm³/mol. The highest BCUT2D eigenvalue weighted by molar-refractivity contribution is 5.99. The van der Waals surface area contributed by atoms with Crippen LogP contribution >= 0.6 is 0 Å². The summed E-state index contributed by atoms with van der Waals surface area (Å²) < 4.78 is 16.5. The molecule has 3 rings (SSSR count). The predicted octanol–water partition coefficient (Wildman–Crippen LogP) is 3.57. The van der Waals surface area contributed by atoms with Crippen molar-refractivity contribution in [3.05, 3.63) is 40.9 Å². The summed E-state index contributed by atoms with van der Waals surface area (Å²) in [7, 11) is 0. The number of furan rings is 1. The molecular formula is C15H14O4. The lowest BCUT2D eigenvalue weighted by atomic mass is 10.1. The van der Waals surface area contributed by atoms with Gasteiger partial charge in [0, 0.05) is 16.8 Å². The highest BCUT2D eigenvalue weighted by Gasteiger charge is 2.14. The van der Waals surface area contributed by atoms with Gasteiger partial charge in [-0.3, -0.25) is 0 Å². The van der Waals surface area contributed by atoms with Crippen molar-refractivity contribution in [2.45, 2.75) is 13.8 Å². The van der Waals surface area contributed by atoms with Crippen LogP contribution in [0.5, 0.6) is 5.75 Å². The lowest BCUT2D eigenvalue weighted by Crippen LogP contribution is -2.06. The van der Waals surface area contributed by atoms with Crippen LogP contribution in [0.4, 0.5) is 0 Å². The zero-order valence-electron chi connectivity index (χ0n) is 10.8. The van der Waals surface area contributed by atoms with Gasteiger partial charge in [0.2, 0.25) is 5.75 Å². The molecule has 4 nitrogen and oxygen atoms in total. The first-order chi connectivity index (χ1) is 9.15. The third kappa shape index (κ3) is 2.10. The average molecular weight is 258 g/mol. The van der Waals surface area contributed by atoms with Crippen molar-refractivity contribution in [3.8, 4) is 5.75 Å². The molecule has 0 radical (unpaired) electrons. The molecule has 0 saturated heterocycles. The van der Waals surface area contributed by atoms with Gasteiger partial charge in [-0.25, -0.2) is 4.79 Å². The maximum absolute atomic E-state index is 11.4. The van der Waals surface area contributed by atoms with Crippen molar-refractivity contribution in [2.24, 2.45) is 5.92 Å². The fraction of sp³-hybridized carbons (Fsp3) is 0.267. The minimum atomic E-state index is -0.396. The van der Waals surface area contributed by atoms with Crippen LogP contribution in [0.1, 0.15) is 13.8 Å². The van der Waals surface area contributed by atoms with Gasteiger partial charge in [-0.05, 0) is 24.1 Å². The van der Waals surface area contributed by atoms with Crippen molar-refractivity contribution in [3.63, 3.8) is 0 Å². The van der Waals surface area contributed by atoms with Gasteiger partial charge in [0.15, 0.2) is 11.2 Å². The summed E-state index contributed by atoms with van der Waals surface area (Å²) in [6, 6.07) is 6.91. The van der Waals surface area contributed by atoms with Crippen molar-refractivity contribution < 1.29 is 13.6 Å². The van der Waals surface area contributed by atoms with E-state index in [4.69, 9.17) is 13.6 Å². The van der Waals surface area contributed by atoms with E-state index in [0.717, 1.165) is 10.8 Å². The van der Waals surface area contributed by atoms with Crippen molar-refractivity contribution in [1.29, 1.82) is 0 Å². The maximum Gasteiger partial charge on any atom is 0.336 e. The monoisotopic (exact) mass is 258 g/mol. The van der Waals surface area contributed by atoms with Gasteiger partial charge in [-0.15, -0.1) is 0 Å². The van der Waals surface area contributed by atoms with E-state index in [-0.39, 0.29) is 0 Å². The summed E-state index contributed by atoms with van der Waals surface area (Å²) >= 11 is 0. The van der Waals surface area contributed by atoms with Gasteiger partial charge in [0.25, 0.3) is 0 Å². The molecule has 0 bridgehead atoms. The maximum atomic E-state index is 11.4. The molecule has 19 heavy (non-hydrogen) atoms. The molecule has 1 aromatic carbocycles. The molecule has 0 fully saturated rings. The van der Waals surface area contributed by atoms with Gasteiger partial charge >= 0.3 is 5.63 Å². The third-order valence-electron chi connectivity index (χ3n) is 2.84. The molecule has 0 aliphatic heterocycles.